The molecule has 2 fully saturated rings. The number of nitrogens with zero attached hydrogens (tertiary/aromatic N) is 3. The van der Waals surface area contributed by atoms with Gasteiger partial charge < -0.3 is 28.7 Å². The van der Waals surface area contributed by atoms with E-state index in [-0.39, 0.29) is 37.3 Å². The van der Waals surface area contributed by atoms with Gasteiger partial charge in [-0.15, -0.1) is 0 Å². The summed E-state index contributed by atoms with van der Waals surface area (Å²) in [7, 11) is -1.76. The predicted molar refractivity (Wildman–Crippen MR) is 167 cm³/mol. The molecule has 232 valence electrons. The van der Waals surface area contributed by atoms with Crippen molar-refractivity contribution in [1.29, 1.82) is 0 Å². The number of anilines is 2. The van der Waals surface area contributed by atoms with Crippen LogP contribution in [0.5, 0.6) is 0 Å². The Labute approximate surface area is 255 Å². The SMILES string of the molecule is C[C@H]1[C@H]([Si](C)(C)F)[C@@H](CC(=O)N(CCO)Cc2ccccc2)O[C@]12C(=O)N(C)c1ccc(N3CCCCCCC3=O)cc12. The number of carbonyl (C=O) groups excluding carboxylic acids is 3. The summed E-state index contributed by atoms with van der Waals surface area (Å²) >= 11 is 0. The summed E-state index contributed by atoms with van der Waals surface area (Å²) < 4.78 is 22.9. The van der Waals surface area contributed by atoms with E-state index in [0.717, 1.165) is 31.2 Å². The molecule has 0 bridgehead atoms. The first-order valence-electron chi connectivity index (χ1n) is 15.5. The smallest absolute Gasteiger partial charge is 0.264 e. The summed E-state index contributed by atoms with van der Waals surface area (Å²) in [6.07, 6.45) is 3.43. The van der Waals surface area contributed by atoms with E-state index in [1.807, 2.05) is 55.5 Å². The predicted octanol–water partition coefficient (Wildman–Crippen LogP) is 5.15. The normalized spacial score (nSPS) is 26.0. The second kappa shape index (κ2) is 12.5. The van der Waals surface area contributed by atoms with Crippen LogP contribution in [0.3, 0.4) is 0 Å². The van der Waals surface area contributed by atoms with Crippen LogP contribution in [-0.2, 0) is 31.3 Å². The fraction of sp³-hybridized carbons (Fsp3) is 0.545. The number of likely N-dealkylation sites (N-methyl/N-ethyl adjacent to an activating group) is 1. The first kappa shape index (κ1) is 31.3. The van der Waals surface area contributed by atoms with Crippen molar-refractivity contribution in [3.05, 3.63) is 59.7 Å². The molecule has 0 unspecified atom stereocenters. The zero-order valence-electron chi connectivity index (χ0n) is 25.7. The number of fused-ring (bicyclic) bond motifs is 2. The van der Waals surface area contributed by atoms with Gasteiger partial charge in [0, 0.05) is 55.8 Å². The van der Waals surface area contributed by atoms with E-state index in [0.29, 0.717) is 36.4 Å². The maximum absolute atomic E-state index is 16.2. The summed E-state index contributed by atoms with van der Waals surface area (Å²) in [6, 6.07) is 15.1. The molecule has 3 amide bonds. The van der Waals surface area contributed by atoms with Gasteiger partial charge in [-0.05, 0) is 49.7 Å². The van der Waals surface area contributed by atoms with Crippen LogP contribution in [0, 0.1) is 5.92 Å². The van der Waals surface area contributed by atoms with Crippen molar-refractivity contribution < 1.29 is 28.3 Å². The van der Waals surface area contributed by atoms with Gasteiger partial charge in [-0.3, -0.25) is 14.4 Å². The topological polar surface area (TPSA) is 90.4 Å². The standard InChI is InChI=1S/C33H44FN3O5Si/c1-23-31(43(3,4)34)28(21-30(40)36(18-19-38)22-24-12-8-7-9-13-24)42-33(23)26-20-25(15-16-27(26)35(2)32(33)41)37-17-11-6-5-10-14-29(37)39/h7-9,12-13,15-16,20,23,28,31,38H,5-6,10-11,14,17-19,21-22H2,1-4H3/t23-,28+,31-,33+/m0/s1. The molecule has 2 aromatic rings. The number of benzene rings is 2. The molecule has 3 aliphatic heterocycles. The average molecular weight is 610 g/mol. The number of hydrogen-bond acceptors (Lipinski definition) is 5. The minimum absolute atomic E-state index is 0.0628. The number of aliphatic hydroxyl groups excluding tert-OH is 1. The molecule has 43 heavy (non-hydrogen) atoms. The number of carbonyl (C=O) groups is 3. The van der Waals surface area contributed by atoms with E-state index in [2.05, 4.69) is 0 Å². The zero-order chi connectivity index (χ0) is 30.9. The van der Waals surface area contributed by atoms with Crippen molar-refractivity contribution in [3.8, 4) is 0 Å². The van der Waals surface area contributed by atoms with Crippen LogP contribution in [0.2, 0.25) is 18.6 Å². The summed E-state index contributed by atoms with van der Waals surface area (Å²) in [5.41, 5.74) is 0.864. The summed E-state index contributed by atoms with van der Waals surface area (Å²) in [6.45, 7) is 5.95. The van der Waals surface area contributed by atoms with Crippen molar-refractivity contribution in [1.82, 2.24) is 4.90 Å². The van der Waals surface area contributed by atoms with Crippen LogP contribution in [0.15, 0.2) is 48.5 Å². The van der Waals surface area contributed by atoms with Crippen LogP contribution >= 0.6 is 0 Å². The van der Waals surface area contributed by atoms with Crippen LogP contribution in [0.1, 0.15) is 56.6 Å². The maximum Gasteiger partial charge on any atom is 0.264 e. The molecule has 0 aliphatic carbocycles. The first-order chi connectivity index (χ1) is 20.5. The van der Waals surface area contributed by atoms with Crippen molar-refractivity contribution >= 4 is 37.5 Å². The number of halogens is 1. The second-order valence-corrected chi connectivity index (χ2v) is 16.6. The molecule has 8 nitrogen and oxygen atoms in total. The minimum Gasteiger partial charge on any atom is -0.395 e. The van der Waals surface area contributed by atoms with E-state index in [1.54, 1.807) is 34.8 Å². The lowest BCUT2D eigenvalue weighted by Crippen LogP contribution is -2.44. The van der Waals surface area contributed by atoms with Crippen molar-refractivity contribution in [2.45, 2.75) is 82.3 Å². The van der Waals surface area contributed by atoms with E-state index in [4.69, 9.17) is 4.74 Å². The Morgan fingerprint density at radius 2 is 1.84 bits per heavy atom. The maximum atomic E-state index is 16.2. The highest BCUT2D eigenvalue weighted by molar-refractivity contribution is 6.72. The molecule has 0 aromatic heterocycles. The Hall–Kier alpha value is -3.08. The van der Waals surface area contributed by atoms with Crippen LogP contribution in [0.25, 0.3) is 0 Å². The number of aliphatic hydroxyl groups is 1. The Bertz CT molecular complexity index is 1350. The molecule has 2 saturated heterocycles. The molecule has 5 rings (SSSR count). The highest BCUT2D eigenvalue weighted by atomic mass is 28.4. The lowest BCUT2D eigenvalue weighted by atomic mass is 9.82. The van der Waals surface area contributed by atoms with E-state index < -0.39 is 31.6 Å². The average Bonchev–Trinajstić information content (AvgIpc) is 3.37. The van der Waals surface area contributed by atoms with Crippen LogP contribution < -0.4 is 9.80 Å². The molecule has 10 heteroatoms. The number of amides is 3. The van der Waals surface area contributed by atoms with Gasteiger partial charge in [0.2, 0.25) is 20.2 Å². The molecular formula is C33H44FN3O5Si. The highest BCUT2D eigenvalue weighted by Gasteiger charge is 2.66. The summed E-state index contributed by atoms with van der Waals surface area (Å²) in [4.78, 5) is 45.9. The lowest BCUT2D eigenvalue weighted by Gasteiger charge is -2.31. The second-order valence-electron chi connectivity index (χ2n) is 12.8. The summed E-state index contributed by atoms with van der Waals surface area (Å²) in [5.74, 6) is -1.00. The van der Waals surface area contributed by atoms with Gasteiger partial charge >= 0.3 is 0 Å². The third kappa shape index (κ3) is 5.89. The van der Waals surface area contributed by atoms with Gasteiger partial charge in [0.15, 0.2) is 5.60 Å². The Morgan fingerprint density at radius 1 is 1.12 bits per heavy atom. The van der Waals surface area contributed by atoms with Gasteiger partial charge in [0.05, 0.1) is 24.8 Å². The number of ether oxygens (including phenoxy) is 1. The number of hydrogen-bond donors (Lipinski definition) is 1. The largest absolute Gasteiger partial charge is 0.395 e. The third-order valence-electron chi connectivity index (χ3n) is 9.52. The van der Waals surface area contributed by atoms with E-state index in [1.165, 1.54) is 0 Å². The fourth-order valence-corrected chi connectivity index (χ4v) is 9.95. The fourth-order valence-electron chi connectivity index (χ4n) is 7.46. The third-order valence-corrected chi connectivity index (χ3v) is 12.0. The van der Waals surface area contributed by atoms with Crippen LogP contribution in [0.4, 0.5) is 15.5 Å². The van der Waals surface area contributed by atoms with Gasteiger partial charge in [0.1, 0.15) is 0 Å². The molecular weight excluding hydrogens is 565 g/mol. The quantitative estimate of drug-likeness (QED) is 0.331. The Kier molecular flexibility index (Phi) is 9.11. The molecule has 0 saturated carbocycles. The summed E-state index contributed by atoms with van der Waals surface area (Å²) in [5, 5.41) is 9.72. The highest BCUT2D eigenvalue weighted by Crippen LogP contribution is 2.60. The van der Waals surface area contributed by atoms with E-state index >= 15 is 4.11 Å². The zero-order valence-corrected chi connectivity index (χ0v) is 26.7. The molecule has 3 aliphatic rings. The number of rotatable bonds is 8. The molecule has 4 atom stereocenters. The Morgan fingerprint density at radius 3 is 2.53 bits per heavy atom. The molecule has 3 heterocycles. The minimum atomic E-state index is -3.46. The monoisotopic (exact) mass is 609 g/mol. The first-order valence-corrected chi connectivity index (χ1v) is 18.5. The molecule has 0 radical (unpaired) electrons. The molecule has 2 aromatic carbocycles. The van der Waals surface area contributed by atoms with Crippen molar-refractivity contribution in [3.63, 3.8) is 0 Å². The van der Waals surface area contributed by atoms with Gasteiger partial charge in [-0.25, -0.2) is 0 Å². The van der Waals surface area contributed by atoms with Gasteiger partial charge in [-0.2, -0.15) is 0 Å². The van der Waals surface area contributed by atoms with Crippen molar-refractivity contribution in [2.75, 3.05) is 36.5 Å². The molecule has 1 spiro atoms. The van der Waals surface area contributed by atoms with Crippen molar-refractivity contribution in [2.24, 2.45) is 5.92 Å². The van der Waals surface area contributed by atoms with Crippen LogP contribution in [-0.4, -0.2) is 69.0 Å². The van der Waals surface area contributed by atoms with Gasteiger partial charge in [0.25, 0.3) is 5.91 Å². The lowest BCUT2D eigenvalue weighted by molar-refractivity contribution is -0.149. The molecule has 1 N–H and O–H groups in total. The Balaban J connectivity index is 1.50. The van der Waals surface area contributed by atoms with E-state index in [9.17, 15) is 19.5 Å². The van der Waals surface area contributed by atoms with Gasteiger partial charge in [-0.1, -0.05) is 50.1 Å².